The zero-order valence-electron chi connectivity index (χ0n) is 12.4. The first-order valence-corrected chi connectivity index (χ1v) is 7.89. The maximum atomic E-state index is 6.42. The van der Waals surface area contributed by atoms with Crippen molar-refractivity contribution in [3.05, 3.63) is 50.7 Å². The number of rotatable bonds is 6. The Morgan fingerprint density at radius 2 is 2.24 bits per heavy atom. The average Bonchev–Trinajstić information content (AvgIpc) is 2.81. The fraction of sp³-hybridized carbons (Fsp3) is 0.400. The van der Waals surface area contributed by atoms with Crippen molar-refractivity contribution in [1.29, 1.82) is 0 Å². The first kappa shape index (κ1) is 16.5. The summed E-state index contributed by atoms with van der Waals surface area (Å²) in [6.07, 6.45) is 1.80. The summed E-state index contributed by atoms with van der Waals surface area (Å²) < 4.78 is 8.03. The molecule has 0 radical (unpaired) electrons. The molecule has 0 saturated carbocycles. The minimum Gasteiger partial charge on any atom is -0.383 e. The van der Waals surface area contributed by atoms with Crippen LogP contribution >= 0.6 is 27.5 Å². The van der Waals surface area contributed by atoms with Gasteiger partial charge in [-0.1, -0.05) is 23.7 Å². The van der Waals surface area contributed by atoms with Gasteiger partial charge in [-0.3, -0.25) is 4.68 Å². The maximum absolute atomic E-state index is 6.42. The first-order chi connectivity index (χ1) is 10.1. The molecule has 6 heteroatoms. The lowest BCUT2D eigenvalue weighted by Gasteiger charge is -2.20. The number of methoxy groups -OCH3 is 1. The molecule has 1 atom stereocenters. The molecule has 0 aliphatic heterocycles. The van der Waals surface area contributed by atoms with Crippen LogP contribution in [0.1, 0.15) is 22.9 Å². The van der Waals surface area contributed by atoms with E-state index >= 15 is 0 Å². The van der Waals surface area contributed by atoms with Crippen molar-refractivity contribution < 1.29 is 4.74 Å². The number of benzene rings is 1. The summed E-state index contributed by atoms with van der Waals surface area (Å²) in [5, 5.41) is 8.47. The van der Waals surface area contributed by atoms with Gasteiger partial charge in [-0.2, -0.15) is 5.10 Å². The first-order valence-electron chi connectivity index (χ1n) is 6.72. The van der Waals surface area contributed by atoms with Crippen LogP contribution in [0.3, 0.4) is 0 Å². The van der Waals surface area contributed by atoms with Crippen LogP contribution in [-0.2, 0) is 11.3 Å². The highest BCUT2D eigenvalue weighted by atomic mass is 79.9. The minimum atomic E-state index is -0.0353. The molecule has 4 nitrogen and oxygen atoms in total. The number of halogens is 2. The Morgan fingerprint density at radius 3 is 2.86 bits per heavy atom. The lowest BCUT2D eigenvalue weighted by atomic mass is 10.0. The predicted molar refractivity (Wildman–Crippen MR) is 88.9 cm³/mol. The fourth-order valence-corrected chi connectivity index (χ4v) is 3.19. The van der Waals surface area contributed by atoms with E-state index in [1.807, 2.05) is 24.7 Å². The Hall–Kier alpha value is -0.880. The second-order valence-corrected chi connectivity index (χ2v) is 6.10. The Labute approximate surface area is 138 Å². The second kappa shape index (κ2) is 7.40. The van der Waals surface area contributed by atoms with E-state index in [2.05, 4.69) is 38.5 Å². The summed E-state index contributed by atoms with van der Waals surface area (Å²) in [7, 11) is 3.60. The number of ether oxygens (including phenoxy) is 1. The topological polar surface area (TPSA) is 39.1 Å². The fourth-order valence-electron chi connectivity index (χ4n) is 2.32. The molecule has 1 aromatic carbocycles. The van der Waals surface area contributed by atoms with Crippen LogP contribution in [0.15, 0.2) is 28.9 Å². The van der Waals surface area contributed by atoms with E-state index in [4.69, 9.17) is 16.3 Å². The van der Waals surface area contributed by atoms with Gasteiger partial charge in [0.05, 0.1) is 35.6 Å². The van der Waals surface area contributed by atoms with Crippen LogP contribution in [0, 0.1) is 6.92 Å². The molecule has 0 aliphatic rings. The average molecular weight is 373 g/mol. The Balaban J connectivity index is 2.43. The third-order valence-electron chi connectivity index (χ3n) is 3.37. The zero-order valence-corrected chi connectivity index (χ0v) is 14.7. The highest BCUT2D eigenvalue weighted by molar-refractivity contribution is 9.10. The molecule has 1 heterocycles. The Kier molecular flexibility index (Phi) is 5.81. The molecule has 1 N–H and O–H groups in total. The van der Waals surface area contributed by atoms with Gasteiger partial charge in [0.1, 0.15) is 0 Å². The highest BCUT2D eigenvalue weighted by Crippen LogP contribution is 2.32. The van der Waals surface area contributed by atoms with Gasteiger partial charge in [0.15, 0.2) is 0 Å². The van der Waals surface area contributed by atoms with Crippen molar-refractivity contribution in [2.45, 2.75) is 19.5 Å². The van der Waals surface area contributed by atoms with E-state index in [0.29, 0.717) is 13.2 Å². The number of hydrogen-bond acceptors (Lipinski definition) is 3. The van der Waals surface area contributed by atoms with Gasteiger partial charge in [0.25, 0.3) is 0 Å². The summed E-state index contributed by atoms with van der Waals surface area (Å²) in [6.45, 7) is 3.33. The molecule has 2 rings (SSSR count). The van der Waals surface area contributed by atoms with E-state index in [1.165, 1.54) is 0 Å². The van der Waals surface area contributed by atoms with Crippen molar-refractivity contribution in [3.63, 3.8) is 0 Å². The highest BCUT2D eigenvalue weighted by Gasteiger charge is 2.22. The Morgan fingerprint density at radius 1 is 1.48 bits per heavy atom. The summed E-state index contributed by atoms with van der Waals surface area (Å²) in [5.41, 5.74) is 3.22. The van der Waals surface area contributed by atoms with Gasteiger partial charge in [-0.25, -0.2) is 0 Å². The van der Waals surface area contributed by atoms with Gasteiger partial charge in [-0.15, -0.1) is 0 Å². The number of aryl methyl sites for hydroxylation is 1. The van der Waals surface area contributed by atoms with Crippen LogP contribution in [0.4, 0.5) is 0 Å². The minimum absolute atomic E-state index is 0.0353. The van der Waals surface area contributed by atoms with Gasteiger partial charge in [-0.05, 0) is 47.1 Å². The summed E-state index contributed by atoms with van der Waals surface area (Å²) in [6, 6.07) is 6.06. The lowest BCUT2D eigenvalue weighted by molar-refractivity contribution is 0.182. The van der Waals surface area contributed by atoms with Crippen molar-refractivity contribution in [2.75, 3.05) is 20.8 Å². The van der Waals surface area contributed by atoms with Crippen molar-refractivity contribution in [3.8, 4) is 0 Å². The normalized spacial score (nSPS) is 12.6. The molecular formula is C15H19BrClN3O. The smallest absolute Gasteiger partial charge is 0.0771 e. The standard InChI is InChI=1S/C15H19BrClN3O/c1-10-4-5-11(13(17)8-10)14(18-2)15-12(16)9-19-20(15)6-7-21-3/h4-5,8-9,14,18H,6-7H2,1-3H3. The second-order valence-electron chi connectivity index (χ2n) is 4.84. The van der Waals surface area contributed by atoms with Gasteiger partial charge in [0.2, 0.25) is 0 Å². The molecule has 0 spiro atoms. The molecule has 114 valence electrons. The number of hydrogen-bond donors (Lipinski definition) is 1. The predicted octanol–water partition coefficient (Wildman–Crippen LogP) is 3.56. The molecular weight excluding hydrogens is 354 g/mol. The van der Waals surface area contributed by atoms with Crippen LogP contribution in [0.25, 0.3) is 0 Å². The van der Waals surface area contributed by atoms with E-state index in [9.17, 15) is 0 Å². The summed E-state index contributed by atoms with van der Waals surface area (Å²) in [4.78, 5) is 0. The largest absolute Gasteiger partial charge is 0.383 e. The van der Waals surface area contributed by atoms with Crippen LogP contribution in [-0.4, -0.2) is 30.5 Å². The lowest BCUT2D eigenvalue weighted by Crippen LogP contribution is -2.23. The van der Waals surface area contributed by atoms with Gasteiger partial charge < -0.3 is 10.1 Å². The molecule has 1 unspecified atom stereocenters. The summed E-state index contributed by atoms with van der Waals surface area (Å²) in [5.74, 6) is 0. The molecule has 0 fully saturated rings. The van der Waals surface area contributed by atoms with Gasteiger partial charge >= 0.3 is 0 Å². The molecule has 2 aromatic rings. The van der Waals surface area contributed by atoms with Crippen molar-refractivity contribution in [1.82, 2.24) is 15.1 Å². The zero-order chi connectivity index (χ0) is 15.4. The molecule has 0 bridgehead atoms. The molecule has 0 aliphatic carbocycles. The van der Waals surface area contributed by atoms with Crippen LogP contribution in [0.2, 0.25) is 5.02 Å². The van der Waals surface area contributed by atoms with Crippen LogP contribution in [0.5, 0.6) is 0 Å². The number of nitrogens with one attached hydrogen (secondary N) is 1. The monoisotopic (exact) mass is 371 g/mol. The molecule has 0 saturated heterocycles. The number of aromatic nitrogens is 2. The van der Waals surface area contributed by atoms with E-state index < -0.39 is 0 Å². The third-order valence-corrected chi connectivity index (χ3v) is 4.31. The Bertz CT molecular complexity index is 615. The number of nitrogens with zero attached hydrogens (tertiary/aromatic N) is 2. The molecule has 21 heavy (non-hydrogen) atoms. The van der Waals surface area contributed by atoms with Crippen molar-refractivity contribution >= 4 is 27.5 Å². The molecule has 1 aromatic heterocycles. The maximum Gasteiger partial charge on any atom is 0.0771 e. The van der Waals surface area contributed by atoms with Gasteiger partial charge in [0, 0.05) is 12.1 Å². The van der Waals surface area contributed by atoms with E-state index in [-0.39, 0.29) is 6.04 Å². The SMILES string of the molecule is CNC(c1ccc(C)cc1Cl)c1c(Br)cnn1CCOC. The molecule has 0 amide bonds. The van der Waals surface area contributed by atoms with Crippen molar-refractivity contribution in [2.24, 2.45) is 0 Å². The van der Waals surface area contributed by atoms with E-state index in [0.717, 1.165) is 26.3 Å². The summed E-state index contributed by atoms with van der Waals surface area (Å²) >= 11 is 10.00. The van der Waals surface area contributed by atoms with E-state index in [1.54, 1.807) is 13.3 Å². The third kappa shape index (κ3) is 3.66. The van der Waals surface area contributed by atoms with Crippen LogP contribution < -0.4 is 5.32 Å². The quantitative estimate of drug-likeness (QED) is 0.842.